The van der Waals surface area contributed by atoms with Crippen LogP contribution in [-0.4, -0.2) is 31.5 Å². The average Bonchev–Trinajstić information content (AvgIpc) is 2.66. The van der Waals surface area contributed by atoms with Gasteiger partial charge in [0.2, 0.25) is 0 Å². The van der Waals surface area contributed by atoms with Crippen LogP contribution in [0.5, 0.6) is 0 Å². The fraction of sp³-hybridized carbons (Fsp3) is 0.364. The molecule has 3 rings (SSSR count). The lowest BCUT2D eigenvalue weighted by atomic mass is 10.1. The van der Waals surface area contributed by atoms with Crippen LogP contribution in [0.2, 0.25) is 0 Å². The highest BCUT2D eigenvalue weighted by Crippen LogP contribution is 2.29. The van der Waals surface area contributed by atoms with E-state index in [1.54, 1.807) is 24.3 Å². The first-order chi connectivity index (χ1) is 14.2. The minimum absolute atomic E-state index is 0.172. The Balaban J connectivity index is 2.11. The molecule has 0 spiro atoms. The lowest BCUT2D eigenvalue weighted by Crippen LogP contribution is -2.33. The van der Waals surface area contributed by atoms with Crippen LogP contribution in [0.1, 0.15) is 27.7 Å². The SMILES string of the molecule is CC(C)CN(CC(C)C)c1nc2ccccc2nc1NS(=O)(=O)c1ccc(Br)cc1. The van der Waals surface area contributed by atoms with E-state index in [0.29, 0.717) is 23.2 Å². The summed E-state index contributed by atoms with van der Waals surface area (Å²) in [5, 5.41) is 0. The monoisotopic (exact) mass is 490 g/mol. The summed E-state index contributed by atoms with van der Waals surface area (Å²) in [6.45, 7) is 10.0. The number of para-hydroxylation sites is 2. The number of rotatable bonds is 8. The first-order valence-electron chi connectivity index (χ1n) is 9.96. The van der Waals surface area contributed by atoms with E-state index in [1.165, 1.54) is 0 Å². The number of nitrogens with zero attached hydrogens (tertiary/aromatic N) is 3. The van der Waals surface area contributed by atoms with E-state index in [1.807, 2.05) is 24.3 Å². The number of fused-ring (bicyclic) bond motifs is 1. The molecule has 0 aliphatic carbocycles. The van der Waals surface area contributed by atoms with E-state index in [0.717, 1.165) is 23.1 Å². The molecule has 160 valence electrons. The maximum absolute atomic E-state index is 13.1. The molecule has 0 saturated heterocycles. The Hall–Kier alpha value is -2.19. The summed E-state index contributed by atoms with van der Waals surface area (Å²) >= 11 is 3.34. The van der Waals surface area contributed by atoms with Crippen LogP contribution < -0.4 is 9.62 Å². The summed E-state index contributed by atoms with van der Waals surface area (Å²) in [7, 11) is -3.81. The van der Waals surface area contributed by atoms with Crippen molar-refractivity contribution in [2.24, 2.45) is 11.8 Å². The van der Waals surface area contributed by atoms with Crippen molar-refractivity contribution in [3.63, 3.8) is 0 Å². The first kappa shape index (κ1) is 22.5. The Kier molecular flexibility index (Phi) is 6.98. The smallest absolute Gasteiger partial charge is 0.263 e. The van der Waals surface area contributed by atoms with Gasteiger partial charge in [-0.3, -0.25) is 4.72 Å². The number of anilines is 2. The number of hydrogen-bond donors (Lipinski definition) is 1. The molecular weight excluding hydrogens is 464 g/mol. The fourth-order valence-corrected chi connectivity index (χ4v) is 4.48. The second-order valence-corrected chi connectivity index (χ2v) is 10.7. The van der Waals surface area contributed by atoms with Crippen LogP contribution in [0.3, 0.4) is 0 Å². The van der Waals surface area contributed by atoms with Gasteiger partial charge in [0.1, 0.15) is 0 Å². The zero-order valence-electron chi connectivity index (χ0n) is 17.6. The second-order valence-electron chi connectivity index (χ2n) is 8.14. The Morgan fingerprint density at radius 1 is 0.900 bits per heavy atom. The summed E-state index contributed by atoms with van der Waals surface area (Å²) in [4.78, 5) is 11.7. The molecule has 0 saturated carbocycles. The highest BCUT2D eigenvalue weighted by Gasteiger charge is 2.23. The predicted octanol–water partition coefficient (Wildman–Crippen LogP) is 5.31. The van der Waals surface area contributed by atoms with Gasteiger partial charge >= 0.3 is 0 Å². The maximum Gasteiger partial charge on any atom is 0.263 e. The van der Waals surface area contributed by atoms with Gasteiger partial charge in [0, 0.05) is 17.6 Å². The number of aromatic nitrogens is 2. The molecule has 8 heteroatoms. The van der Waals surface area contributed by atoms with Crippen molar-refractivity contribution in [1.82, 2.24) is 9.97 Å². The van der Waals surface area contributed by atoms with Crippen LogP contribution in [0.15, 0.2) is 57.9 Å². The molecule has 0 aliphatic rings. The number of nitrogens with one attached hydrogen (secondary N) is 1. The van der Waals surface area contributed by atoms with Crippen molar-refractivity contribution < 1.29 is 8.42 Å². The lowest BCUT2D eigenvalue weighted by molar-refractivity contribution is 0.549. The summed E-state index contributed by atoms with van der Waals surface area (Å²) in [5.41, 5.74) is 1.38. The van der Waals surface area contributed by atoms with Crippen molar-refractivity contribution in [3.05, 3.63) is 53.0 Å². The van der Waals surface area contributed by atoms with Gasteiger partial charge in [0.25, 0.3) is 10.0 Å². The number of benzene rings is 2. The maximum atomic E-state index is 13.1. The zero-order chi connectivity index (χ0) is 21.9. The highest BCUT2D eigenvalue weighted by molar-refractivity contribution is 9.10. The van der Waals surface area contributed by atoms with Crippen LogP contribution in [-0.2, 0) is 10.0 Å². The minimum atomic E-state index is -3.81. The molecule has 0 fully saturated rings. The molecule has 0 amide bonds. The van der Waals surface area contributed by atoms with Crippen LogP contribution in [0.25, 0.3) is 11.0 Å². The first-order valence-corrected chi connectivity index (χ1v) is 12.2. The molecule has 0 atom stereocenters. The summed E-state index contributed by atoms with van der Waals surface area (Å²) in [6.07, 6.45) is 0. The van der Waals surface area contributed by atoms with E-state index < -0.39 is 10.0 Å². The predicted molar refractivity (Wildman–Crippen MR) is 126 cm³/mol. The highest BCUT2D eigenvalue weighted by atomic mass is 79.9. The number of hydrogen-bond acceptors (Lipinski definition) is 5. The van der Waals surface area contributed by atoms with Crippen molar-refractivity contribution in [3.8, 4) is 0 Å². The van der Waals surface area contributed by atoms with Crippen LogP contribution in [0, 0.1) is 11.8 Å². The summed E-state index contributed by atoms with van der Waals surface area (Å²) in [6, 6.07) is 14.0. The van der Waals surface area contributed by atoms with Crippen LogP contribution >= 0.6 is 15.9 Å². The summed E-state index contributed by atoms with van der Waals surface area (Å²) < 4.78 is 29.6. The third kappa shape index (κ3) is 5.49. The largest absolute Gasteiger partial charge is 0.353 e. The van der Waals surface area contributed by atoms with E-state index in [2.05, 4.69) is 58.2 Å². The molecule has 0 bridgehead atoms. The quantitative estimate of drug-likeness (QED) is 0.462. The minimum Gasteiger partial charge on any atom is -0.353 e. The Morgan fingerprint density at radius 2 is 1.43 bits per heavy atom. The van der Waals surface area contributed by atoms with Gasteiger partial charge in [-0.25, -0.2) is 18.4 Å². The third-order valence-corrected chi connectivity index (χ3v) is 6.26. The Labute approximate surface area is 186 Å². The number of halogens is 1. The van der Waals surface area contributed by atoms with Gasteiger partial charge in [0.15, 0.2) is 11.6 Å². The van der Waals surface area contributed by atoms with Gasteiger partial charge < -0.3 is 4.90 Å². The van der Waals surface area contributed by atoms with E-state index in [9.17, 15) is 8.42 Å². The molecule has 1 N–H and O–H groups in total. The van der Waals surface area contributed by atoms with Crippen molar-refractivity contribution in [1.29, 1.82) is 0 Å². The second kappa shape index (κ2) is 9.31. The molecular formula is C22H27BrN4O2S. The van der Waals surface area contributed by atoms with Crippen molar-refractivity contribution in [2.75, 3.05) is 22.7 Å². The normalized spacial score (nSPS) is 12.0. The Morgan fingerprint density at radius 3 is 1.97 bits per heavy atom. The topological polar surface area (TPSA) is 75.2 Å². The van der Waals surface area contributed by atoms with Crippen molar-refractivity contribution in [2.45, 2.75) is 32.6 Å². The Bertz CT molecular complexity index is 1110. The van der Waals surface area contributed by atoms with Gasteiger partial charge in [-0.05, 0) is 48.2 Å². The van der Waals surface area contributed by atoms with E-state index in [4.69, 9.17) is 4.98 Å². The van der Waals surface area contributed by atoms with Gasteiger partial charge in [0.05, 0.1) is 15.9 Å². The average molecular weight is 491 g/mol. The van der Waals surface area contributed by atoms with Gasteiger partial charge in [-0.1, -0.05) is 55.8 Å². The van der Waals surface area contributed by atoms with Gasteiger partial charge in [-0.2, -0.15) is 0 Å². The molecule has 1 heterocycles. The number of sulfonamides is 1. The molecule has 6 nitrogen and oxygen atoms in total. The molecule has 2 aromatic carbocycles. The molecule has 30 heavy (non-hydrogen) atoms. The molecule has 0 aliphatic heterocycles. The standard InChI is InChI=1S/C22H27BrN4O2S/c1-15(2)13-27(14-16(3)4)22-21(24-19-7-5-6-8-20(19)25-22)26-30(28,29)18-11-9-17(23)10-12-18/h5-12,15-16H,13-14H2,1-4H3,(H,24,26). The zero-order valence-corrected chi connectivity index (χ0v) is 20.0. The fourth-order valence-electron chi connectivity index (χ4n) is 3.21. The molecule has 1 aromatic heterocycles. The molecule has 0 unspecified atom stereocenters. The van der Waals surface area contributed by atoms with Crippen molar-refractivity contribution >= 4 is 48.6 Å². The van der Waals surface area contributed by atoms with E-state index in [-0.39, 0.29) is 10.7 Å². The third-order valence-electron chi connectivity index (χ3n) is 4.38. The van der Waals surface area contributed by atoms with Crippen LogP contribution in [0.4, 0.5) is 11.6 Å². The molecule has 0 radical (unpaired) electrons. The lowest BCUT2D eigenvalue weighted by Gasteiger charge is -2.29. The summed E-state index contributed by atoms with van der Waals surface area (Å²) in [5.74, 6) is 1.57. The van der Waals surface area contributed by atoms with Gasteiger partial charge in [-0.15, -0.1) is 0 Å². The molecule has 3 aromatic rings. The van der Waals surface area contributed by atoms with E-state index >= 15 is 0 Å².